The Morgan fingerprint density at radius 2 is 2.23 bits per heavy atom. The molecule has 0 aliphatic carbocycles. The van der Waals surface area contributed by atoms with E-state index < -0.39 is 0 Å². The van der Waals surface area contributed by atoms with Gasteiger partial charge >= 0.3 is 0 Å². The van der Waals surface area contributed by atoms with Gasteiger partial charge in [-0.25, -0.2) is 5.43 Å². The number of aryl methyl sites for hydroxylation is 1. The van der Waals surface area contributed by atoms with Crippen molar-refractivity contribution in [1.29, 1.82) is 0 Å². The lowest BCUT2D eigenvalue weighted by Crippen LogP contribution is -2.32. The van der Waals surface area contributed by atoms with Crippen LogP contribution in [0.25, 0.3) is 0 Å². The lowest BCUT2D eigenvalue weighted by Gasteiger charge is -2.19. The first-order valence-electron chi connectivity index (χ1n) is 4.71. The molecule has 3 N–H and O–H groups in total. The summed E-state index contributed by atoms with van der Waals surface area (Å²) in [5.41, 5.74) is 2.79. The molecular weight excluding hydrogens is 164 g/mol. The minimum atomic E-state index is 0.124. The summed E-state index contributed by atoms with van der Waals surface area (Å²) >= 11 is 0. The monoisotopic (exact) mass is 182 g/mol. The molecule has 0 aliphatic rings. The van der Waals surface area contributed by atoms with E-state index in [9.17, 15) is 0 Å². The number of furan rings is 1. The van der Waals surface area contributed by atoms with E-state index in [4.69, 9.17) is 10.3 Å². The Morgan fingerprint density at radius 1 is 1.54 bits per heavy atom. The molecule has 2 unspecified atom stereocenters. The highest BCUT2D eigenvalue weighted by Crippen LogP contribution is 2.24. The molecule has 0 bridgehead atoms. The molecule has 0 saturated carbocycles. The Bertz CT molecular complexity index is 257. The Labute approximate surface area is 79.3 Å². The van der Waals surface area contributed by atoms with Crippen LogP contribution in [-0.4, -0.2) is 0 Å². The van der Waals surface area contributed by atoms with Crippen LogP contribution in [0.5, 0.6) is 0 Å². The average molecular weight is 182 g/mol. The van der Waals surface area contributed by atoms with Crippen LogP contribution in [0.2, 0.25) is 0 Å². The molecule has 3 heteroatoms. The highest BCUT2D eigenvalue weighted by Gasteiger charge is 2.19. The number of hydrogen-bond donors (Lipinski definition) is 2. The number of rotatable bonds is 4. The van der Waals surface area contributed by atoms with Crippen molar-refractivity contribution in [3.05, 3.63) is 23.7 Å². The minimum absolute atomic E-state index is 0.124. The molecule has 1 aromatic heterocycles. The van der Waals surface area contributed by atoms with E-state index in [1.54, 1.807) is 0 Å². The van der Waals surface area contributed by atoms with Crippen LogP contribution < -0.4 is 11.3 Å². The van der Waals surface area contributed by atoms with Gasteiger partial charge in [0.05, 0.1) is 6.04 Å². The molecule has 0 saturated heterocycles. The molecule has 2 atom stereocenters. The topological polar surface area (TPSA) is 51.2 Å². The van der Waals surface area contributed by atoms with E-state index in [-0.39, 0.29) is 6.04 Å². The van der Waals surface area contributed by atoms with E-state index in [1.807, 2.05) is 19.1 Å². The van der Waals surface area contributed by atoms with Crippen LogP contribution >= 0.6 is 0 Å². The molecule has 0 aliphatic heterocycles. The fraction of sp³-hybridized carbons (Fsp3) is 0.600. The van der Waals surface area contributed by atoms with E-state index >= 15 is 0 Å². The maximum Gasteiger partial charge on any atom is 0.122 e. The molecule has 0 aromatic carbocycles. The summed E-state index contributed by atoms with van der Waals surface area (Å²) in [5.74, 6) is 7.82. The summed E-state index contributed by atoms with van der Waals surface area (Å²) in [6.45, 7) is 6.24. The van der Waals surface area contributed by atoms with Crippen molar-refractivity contribution in [3.63, 3.8) is 0 Å². The second-order valence-electron chi connectivity index (χ2n) is 3.48. The third-order valence-electron chi connectivity index (χ3n) is 2.46. The predicted molar refractivity (Wildman–Crippen MR) is 53.0 cm³/mol. The second-order valence-corrected chi connectivity index (χ2v) is 3.48. The summed E-state index contributed by atoms with van der Waals surface area (Å²) < 4.78 is 5.52. The summed E-state index contributed by atoms with van der Waals surface area (Å²) in [6, 6.07) is 4.06. The van der Waals surface area contributed by atoms with Crippen molar-refractivity contribution in [1.82, 2.24) is 5.43 Å². The van der Waals surface area contributed by atoms with Crippen molar-refractivity contribution in [2.75, 3.05) is 0 Å². The highest BCUT2D eigenvalue weighted by molar-refractivity contribution is 5.10. The van der Waals surface area contributed by atoms with Crippen molar-refractivity contribution < 1.29 is 4.42 Å². The average Bonchev–Trinajstić information content (AvgIpc) is 2.53. The van der Waals surface area contributed by atoms with Gasteiger partial charge in [-0.05, 0) is 25.0 Å². The number of hydrazine groups is 1. The first kappa shape index (κ1) is 10.3. The second kappa shape index (κ2) is 4.44. The zero-order chi connectivity index (χ0) is 9.84. The van der Waals surface area contributed by atoms with Gasteiger partial charge in [-0.3, -0.25) is 5.84 Å². The summed E-state index contributed by atoms with van der Waals surface area (Å²) in [6.07, 6.45) is 1.08. The Morgan fingerprint density at radius 3 is 2.62 bits per heavy atom. The quantitative estimate of drug-likeness (QED) is 0.554. The van der Waals surface area contributed by atoms with Crippen LogP contribution in [0.1, 0.15) is 37.8 Å². The van der Waals surface area contributed by atoms with Gasteiger partial charge in [-0.15, -0.1) is 0 Å². The molecule has 0 spiro atoms. The molecule has 0 amide bonds. The van der Waals surface area contributed by atoms with E-state index in [0.29, 0.717) is 5.92 Å². The van der Waals surface area contributed by atoms with Gasteiger partial charge in [0.2, 0.25) is 0 Å². The Balaban J connectivity index is 2.77. The molecule has 1 heterocycles. The van der Waals surface area contributed by atoms with E-state index in [1.165, 1.54) is 0 Å². The summed E-state index contributed by atoms with van der Waals surface area (Å²) in [5, 5.41) is 0. The van der Waals surface area contributed by atoms with Crippen molar-refractivity contribution in [2.24, 2.45) is 11.8 Å². The van der Waals surface area contributed by atoms with Gasteiger partial charge in [0, 0.05) is 0 Å². The van der Waals surface area contributed by atoms with Crippen LogP contribution in [0.15, 0.2) is 16.5 Å². The van der Waals surface area contributed by atoms with Gasteiger partial charge < -0.3 is 4.42 Å². The van der Waals surface area contributed by atoms with Crippen LogP contribution in [0, 0.1) is 12.8 Å². The number of nitrogens with one attached hydrogen (secondary N) is 1. The maximum atomic E-state index is 5.52. The van der Waals surface area contributed by atoms with Crippen LogP contribution in [-0.2, 0) is 0 Å². The standard InChI is InChI=1S/C10H18N2O/c1-4-7(2)10(12-11)9-6-5-8(3)13-9/h5-7,10,12H,4,11H2,1-3H3. The van der Waals surface area contributed by atoms with E-state index in [2.05, 4.69) is 19.3 Å². The molecule has 0 radical (unpaired) electrons. The lowest BCUT2D eigenvalue weighted by atomic mass is 9.98. The number of hydrogen-bond acceptors (Lipinski definition) is 3. The fourth-order valence-electron chi connectivity index (χ4n) is 1.38. The first-order chi connectivity index (χ1) is 6.19. The van der Waals surface area contributed by atoms with Crippen LogP contribution in [0.3, 0.4) is 0 Å². The van der Waals surface area contributed by atoms with Crippen molar-refractivity contribution in [2.45, 2.75) is 33.2 Å². The third kappa shape index (κ3) is 2.32. The molecule has 0 fully saturated rings. The zero-order valence-electron chi connectivity index (χ0n) is 8.50. The lowest BCUT2D eigenvalue weighted by molar-refractivity contribution is 0.317. The van der Waals surface area contributed by atoms with Crippen LogP contribution in [0.4, 0.5) is 0 Å². The van der Waals surface area contributed by atoms with E-state index in [0.717, 1.165) is 17.9 Å². The molecular formula is C10H18N2O. The first-order valence-corrected chi connectivity index (χ1v) is 4.71. The smallest absolute Gasteiger partial charge is 0.122 e. The minimum Gasteiger partial charge on any atom is -0.465 e. The Hall–Kier alpha value is -0.800. The van der Waals surface area contributed by atoms with Gasteiger partial charge in [-0.2, -0.15) is 0 Å². The molecule has 74 valence electrons. The van der Waals surface area contributed by atoms with Gasteiger partial charge in [0.1, 0.15) is 11.5 Å². The van der Waals surface area contributed by atoms with Gasteiger partial charge in [0.15, 0.2) is 0 Å². The summed E-state index contributed by atoms with van der Waals surface area (Å²) in [4.78, 5) is 0. The highest BCUT2D eigenvalue weighted by atomic mass is 16.3. The third-order valence-corrected chi connectivity index (χ3v) is 2.46. The molecule has 13 heavy (non-hydrogen) atoms. The maximum absolute atomic E-state index is 5.52. The zero-order valence-corrected chi connectivity index (χ0v) is 8.50. The van der Waals surface area contributed by atoms with Gasteiger partial charge in [-0.1, -0.05) is 20.3 Å². The Kier molecular flexibility index (Phi) is 3.51. The SMILES string of the molecule is CCC(C)C(NN)c1ccc(C)o1. The van der Waals surface area contributed by atoms with Gasteiger partial charge in [0.25, 0.3) is 0 Å². The van der Waals surface area contributed by atoms with Crippen molar-refractivity contribution in [3.8, 4) is 0 Å². The largest absolute Gasteiger partial charge is 0.465 e. The fourth-order valence-corrected chi connectivity index (χ4v) is 1.38. The molecule has 1 aromatic rings. The summed E-state index contributed by atoms with van der Waals surface area (Å²) in [7, 11) is 0. The molecule has 1 rings (SSSR count). The normalized spacial score (nSPS) is 15.7. The number of nitrogens with two attached hydrogens (primary N) is 1. The van der Waals surface area contributed by atoms with Crippen molar-refractivity contribution >= 4 is 0 Å². The molecule has 3 nitrogen and oxygen atoms in total. The predicted octanol–water partition coefficient (Wildman–Crippen LogP) is 2.14.